The van der Waals surface area contributed by atoms with Gasteiger partial charge in [0, 0.05) is 29.7 Å². The van der Waals surface area contributed by atoms with Crippen LogP contribution in [0.25, 0.3) is 22.0 Å². The Bertz CT molecular complexity index is 1060. The second-order valence-electron chi connectivity index (χ2n) is 6.75. The van der Waals surface area contributed by atoms with Gasteiger partial charge in [0.2, 0.25) is 0 Å². The summed E-state index contributed by atoms with van der Waals surface area (Å²) in [5.41, 5.74) is 9.83. The van der Waals surface area contributed by atoms with E-state index in [9.17, 15) is 9.18 Å². The molecule has 1 aliphatic rings. The zero-order chi connectivity index (χ0) is 18.6. The highest BCUT2D eigenvalue weighted by atomic mass is 19.1. The van der Waals surface area contributed by atoms with Crippen molar-refractivity contribution in [2.45, 2.75) is 26.6 Å². The zero-order valence-corrected chi connectivity index (χ0v) is 14.5. The van der Waals surface area contributed by atoms with Crippen molar-refractivity contribution in [2.24, 2.45) is 5.73 Å². The number of fused-ring (bicyclic) bond motifs is 2. The van der Waals surface area contributed by atoms with E-state index in [1.54, 1.807) is 12.1 Å². The first-order chi connectivity index (χ1) is 12.4. The number of H-pyrrole nitrogens is 1. The van der Waals surface area contributed by atoms with Crippen LogP contribution in [-0.2, 0) is 6.54 Å². The first kappa shape index (κ1) is 16.7. The maximum Gasteiger partial charge on any atom is 0.250 e. The fourth-order valence-electron chi connectivity index (χ4n) is 3.87. The maximum atomic E-state index is 15.2. The van der Waals surface area contributed by atoms with Gasteiger partial charge < -0.3 is 16.0 Å². The van der Waals surface area contributed by atoms with Crippen LogP contribution in [0, 0.1) is 19.7 Å². The molecule has 4 N–H and O–H groups in total. The van der Waals surface area contributed by atoms with E-state index < -0.39 is 17.9 Å². The molecule has 1 atom stereocenters. The van der Waals surface area contributed by atoms with Crippen molar-refractivity contribution >= 4 is 16.8 Å². The van der Waals surface area contributed by atoms with Crippen LogP contribution in [0.1, 0.15) is 38.9 Å². The molecular weight excluding hydrogens is 336 g/mol. The van der Waals surface area contributed by atoms with Crippen LogP contribution >= 0.6 is 0 Å². The molecule has 134 valence electrons. The van der Waals surface area contributed by atoms with Crippen molar-refractivity contribution < 1.29 is 13.6 Å². The quantitative estimate of drug-likeness (QED) is 0.654. The predicted molar refractivity (Wildman–Crippen MR) is 97.2 cm³/mol. The molecule has 6 heteroatoms. The molecule has 0 aliphatic carbocycles. The molecule has 0 radical (unpaired) electrons. The molecule has 0 unspecified atom stereocenters. The van der Waals surface area contributed by atoms with Crippen LogP contribution in [0.15, 0.2) is 24.3 Å². The molecule has 2 heterocycles. The van der Waals surface area contributed by atoms with Gasteiger partial charge in [0.1, 0.15) is 12.0 Å². The van der Waals surface area contributed by atoms with Gasteiger partial charge in [-0.15, -0.1) is 0 Å². The van der Waals surface area contributed by atoms with Crippen LogP contribution < -0.4 is 11.1 Å². The molecule has 4 nitrogen and oxygen atoms in total. The normalized spacial score (nSPS) is 16.7. The first-order valence-electron chi connectivity index (χ1n) is 8.48. The molecule has 4 rings (SSSR count). The van der Waals surface area contributed by atoms with Crippen molar-refractivity contribution in [3.8, 4) is 11.1 Å². The van der Waals surface area contributed by atoms with Gasteiger partial charge in [0.25, 0.3) is 5.91 Å². The van der Waals surface area contributed by atoms with Crippen LogP contribution in [-0.4, -0.2) is 17.4 Å². The number of aromatic amines is 1. The topological polar surface area (TPSA) is 70.9 Å². The summed E-state index contributed by atoms with van der Waals surface area (Å²) >= 11 is 0. The molecule has 0 saturated carbocycles. The number of nitrogens with two attached hydrogens (primary N) is 1. The zero-order valence-electron chi connectivity index (χ0n) is 14.5. The van der Waals surface area contributed by atoms with Crippen molar-refractivity contribution in [3.63, 3.8) is 0 Å². The number of primary amides is 1. The van der Waals surface area contributed by atoms with Crippen molar-refractivity contribution in [2.75, 3.05) is 6.54 Å². The SMILES string of the molecule is Cc1[nH]c2c(C(N)=O)cc(F)c(-c3cccc4c3[C@@H](F)CNC4)c2c1C. The summed E-state index contributed by atoms with van der Waals surface area (Å²) in [5.74, 6) is -1.28. The van der Waals surface area contributed by atoms with E-state index in [-0.39, 0.29) is 12.1 Å². The standard InChI is InChI=1S/C20H19F2N3O/c1-9-10(2)25-19-13(20(23)26)6-14(21)18(16(9)19)12-5-3-4-11-7-24-8-15(22)17(11)12/h3-6,15,24-25H,7-8H2,1-2H3,(H2,23,26)/t15-/m0/s1. The van der Waals surface area contributed by atoms with Crippen LogP contribution in [0.3, 0.4) is 0 Å². The van der Waals surface area contributed by atoms with E-state index in [0.29, 0.717) is 34.1 Å². The lowest BCUT2D eigenvalue weighted by molar-refractivity contribution is 0.100. The molecule has 26 heavy (non-hydrogen) atoms. The van der Waals surface area contributed by atoms with E-state index in [1.165, 1.54) is 0 Å². The van der Waals surface area contributed by atoms with Gasteiger partial charge >= 0.3 is 0 Å². The van der Waals surface area contributed by atoms with E-state index in [1.807, 2.05) is 19.9 Å². The number of hydrogen-bond acceptors (Lipinski definition) is 2. The van der Waals surface area contributed by atoms with E-state index in [2.05, 4.69) is 10.3 Å². The fourth-order valence-corrected chi connectivity index (χ4v) is 3.87. The second-order valence-corrected chi connectivity index (χ2v) is 6.75. The number of carbonyl (C=O) groups is 1. The Balaban J connectivity index is 2.13. The second kappa shape index (κ2) is 5.92. The Morgan fingerprint density at radius 3 is 2.81 bits per heavy atom. The Kier molecular flexibility index (Phi) is 3.80. The summed E-state index contributed by atoms with van der Waals surface area (Å²) in [6.45, 7) is 4.44. The van der Waals surface area contributed by atoms with Gasteiger partial charge in [-0.3, -0.25) is 4.79 Å². The average Bonchev–Trinajstić information content (AvgIpc) is 2.89. The summed E-state index contributed by atoms with van der Waals surface area (Å²) in [4.78, 5) is 14.9. The third kappa shape index (κ3) is 2.33. The third-order valence-electron chi connectivity index (χ3n) is 5.21. The molecule has 0 fully saturated rings. The fraction of sp³-hybridized carbons (Fsp3) is 0.250. The molecule has 0 spiro atoms. The predicted octanol–water partition coefficient (Wildman–Crippen LogP) is 3.80. The molecule has 2 aromatic carbocycles. The summed E-state index contributed by atoms with van der Waals surface area (Å²) in [6.07, 6.45) is -1.22. The average molecular weight is 355 g/mol. The Morgan fingerprint density at radius 1 is 1.31 bits per heavy atom. The molecule has 0 saturated heterocycles. The Morgan fingerprint density at radius 2 is 2.08 bits per heavy atom. The van der Waals surface area contributed by atoms with Gasteiger partial charge in [-0.05, 0) is 42.2 Å². The van der Waals surface area contributed by atoms with Crippen LogP contribution in [0.2, 0.25) is 0 Å². The van der Waals surface area contributed by atoms with E-state index >= 15 is 4.39 Å². The van der Waals surface area contributed by atoms with Gasteiger partial charge in [-0.2, -0.15) is 0 Å². The number of benzene rings is 2. The van der Waals surface area contributed by atoms with E-state index in [4.69, 9.17) is 5.73 Å². The molecule has 0 bridgehead atoms. The summed E-state index contributed by atoms with van der Waals surface area (Å²) in [7, 11) is 0. The lowest BCUT2D eigenvalue weighted by atomic mass is 9.87. The molecular formula is C20H19F2N3O. The lowest BCUT2D eigenvalue weighted by Gasteiger charge is -2.24. The maximum absolute atomic E-state index is 15.2. The number of carbonyl (C=O) groups excluding carboxylic acids is 1. The minimum absolute atomic E-state index is 0.0979. The summed E-state index contributed by atoms with van der Waals surface area (Å²) < 4.78 is 29.9. The number of alkyl halides is 1. The molecule has 3 aromatic rings. The van der Waals surface area contributed by atoms with Gasteiger partial charge in [0.15, 0.2) is 0 Å². The minimum Gasteiger partial charge on any atom is -0.366 e. The number of amides is 1. The number of aromatic nitrogens is 1. The smallest absolute Gasteiger partial charge is 0.250 e. The lowest BCUT2D eigenvalue weighted by Crippen LogP contribution is -2.26. The number of halogens is 2. The highest BCUT2D eigenvalue weighted by Gasteiger charge is 2.27. The number of hydrogen-bond donors (Lipinski definition) is 3. The third-order valence-corrected chi connectivity index (χ3v) is 5.21. The van der Waals surface area contributed by atoms with Gasteiger partial charge in [-0.1, -0.05) is 18.2 Å². The van der Waals surface area contributed by atoms with Crippen molar-refractivity contribution in [3.05, 3.63) is 58.0 Å². The highest BCUT2D eigenvalue weighted by Crippen LogP contribution is 2.42. The Hall–Kier alpha value is -2.73. The van der Waals surface area contributed by atoms with E-state index in [0.717, 1.165) is 22.9 Å². The number of rotatable bonds is 2. The molecule has 1 amide bonds. The van der Waals surface area contributed by atoms with Gasteiger partial charge in [-0.25, -0.2) is 8.78 Å². The summed E-state index contributed by atoms with van der Waals surface area (Å²) in [6, 6.07) is 6.53. The monoisotopic (exact) mass is 355 g/mol. The minimum atomic E-state index is -1.22. The summed E-state index contributed by atoms with van der Waals surface area (Å²) in [5, 5.41) is 3.60. The number of aryl methyl sites for hydroxylation is 2. The molecule has 1 aliphatic heterocycles. The first-order valence-corrected chi connectivity index (χ1v) is 8.48. The van der Waals surface area contributed by atoms with Crippen LogP contribution in [0.4, 0.5) is 8.78 Å². The molecule has 1 aromatic heterocycles. The van der Waals surface area contributed by atoms with Crippen molar-refractivity contribution in [1.29, 1.82) is 0 Å². The number of nitrogens with one attached hydrogen (secondary N) is 2. The highest BCUT2D eigenvalue weighted by molar-refractivity contribution is 6.11. The van der Waals surface area contributed by atoms with Crippen molar-refractivity contribution in [1.82, 2.24) is 10.3 Å². The van der Waals surface area contributed by atoms with Crippen LogP contribution in [0.5, 0.6) is 0 Å². The largest absolute Gasteiger partial charge is 0.366 e. The van der Waals surface area contributed by atoms with Gasteiger partial charge in [0.05, 0.1) is 11.1 Å². The Labute approximate surface area is 149 Å².